The Labute approximate surface area is 139 Å². The van der Waals surface area contributed by atoms with Crippen LogP contribution in [0.3, 0.4) is 0 Å². The predicted molar refractivity (Wildman–Crippen MR) is 89.8 cm³/mol. The van der Waals surface area contributed by atoms with Crippen LogP contribution in [-0.2, 0) is 9.53 Å². The van der Waals surface area contributed by atoms with Crippen molar-refractivity contribution in [2.75, 3.05) is 29.5 Å². The molecule has 23 heavy (non-hydrogen) atoms. The topological polar surface area (TPSA) is 58.6 Å². The SMILES string of the molecule is CC(=O)NC[C@H]1CN(c2ccc(C3[C@H]4CSC[C@@H]34)cc2)C(=O)O1. The molecule has 1 saturated carbocycles. The standard InChI is InChI=1S/C17H20N2O3S/c1-10(20)18-6-13-7-19(17(21)22-13)12-4-2-11(3-5-12)16-14-8-23-9-15(14)16/h2-5,13-16H,6-9H2,1H3,(H,18,20)/t13-,14-,15+,16?/m0/s1. The highest BCUT2D eigenvalue weighted by atomic mass is 32.2. The third-order valence-electron chi connectivity index (χ3n) is 4.99. The van der Waals surface area contributed by atoms with Crippen molar-refractivity contribution in [2.45, 2.75) is 18.9 Å². The highest BCUT2D eigenvalue weighted by Crippen LogP contribution is 2.61. The maximum absolute atomic E-state index is 12.0. The van der Waals surface area contributed by atoms with Crippen molar-refractivity contribution in [3.8, 4) is 0 Å². The number of nitrogens with one attached hydrogen (secondary N) is 1. The lowest BCUT2D eigenvalue weighted by molar-refractivity contribution is -0.119. The van der Waals surface area contributed by atoms with E-state index in [1.165, 1.54) is 24.0 Å². The van der Waals surface area contributed by atoms with Crippen molar-refractivity contribution >= 4 is 29.4 Å². The molecule has 122 valence electrons. The number of thioether (sulfide) groups is 1. The van der Waals surface area contributed by atoms with Crippen LogP contribution in [0.2, 0.25) is 0 Å². The monoisotopic (exact) mass is 332 g/mol. The molecule has 0 bridgehead atoms. The van der Waals surface area contributed by atoms with E-state index in [9.17, 15) is 9.59 Å². The van der Waals surface area contributed by atoms with Gasteiger partial charge in [0.05, 0.1) is 13.1 Å². The molecule has 4 atom stereocenters. The maximum atomic E-state index is 12.0. The number of cyclic esters (lactones) is 1. The number of nitrogens with zero attached hydrogens (tertiary/aromatic N) is 1. The fourth-order valence-corrected chi connectivity index (χ4v) is 5.30. The van der Waals surface area contributed by atoms with Gasteiger partial charge in [-0.05, 0) is 47.0 Å². The Balaban J connectivity index is 1.40. The first-order valence-corrected chi connectivity index (χ1v) is 9.19. The van der Waals surface area contributed by atoms with E-state index in [-0.39, 0.29) is 18.1 Å². The molecule has 2 heterocycles. The molecule has 2 saturated heterocycles. The number of anilines is 1. The Morgan fingerprint density at radius 2 is 2.00 bits per heavy atom. The smallest absolute Gasteiger partial charge is 0.414 e. The molecule has 5 nitrogen and oxygen atoms in total. The van der Waals surface area contributed by atoms with Gasteiger partial charge in [0.1, 0.15) is 6.10 Å². The number of carbonyl (C=O) groups is 2. The van der Waals surface area contributed by atoms with Crippen molar-refractivity contribution in [3.63, 3.8) is 0 Å². The molecule has 1 aromatic carbocycles. The average molecular weight is 332 g/mol. The van der Waals surface area contributed by atoms with E-state index in [4.69, 9.17) is 4.74 Å². The molecule has 0 radical (unpaired) electrons. The van der Waals surface area contributed by atoms with Crippen LogP contribution in [0, 0.1) is 11.8 Å². The summed E-state index contributed by atoms with van der Waals surface area (Å²) in [5, 5.41) is 2.69. The normalized spacial score (nSPS) is 31.7. The highest BCUT2D eigenvalue weighted by Gasteiger charge is 2.53. The maximum Gasteiger partial charge on any atom is 0.414 e. The zero-order valence-corrected chi connectivity index (χ0v) is 13.8. The number of ether oxygens (including phenoxy) is 1. The summed E-state index contributed by atoms with van der Waals surface area (Å²) in [7, 11) is 0. The summed E-state index contributed by atoms with van der Waals surface area (Å²) in [4.78, 5) is 24.6. The second-order valence-electron chi connectivity index (χ2n) is 6.54. The van der Waals surface area contributed by atoms with E-state index >= 15 is 0 Å². The van der Waals surface area contributed by atoms with Gasteiger partial charge in [0.15, 0.2) is 0 Å². The zero-order valence-electron chi connectivity index (χ0n) is 13.0. The van der Waals surface area contributed by atoms with Crippen molar-refractivity contribution in [3.05, 3.63) is 29.8 Å². The molecule has 1 aromatic rings. The Bertz CT molecular complexity index is 623. The average Bonchev–Trinajstić information content (AvgIpc) is 2.86. The van der Waals surface area contributed by atoms with Gasteiger partial charge >= 0.3 is 6.09 Å². The van der Waals surface area contributed by atoms with E-state index < -0.39 is 0 Å². The van der Waals surface area contributed by atoms with Crippen molar-refractivity contribution in [2.24, 2.45) is 11.8 Å². The summed E-state index contributed by atoms with van der Waals surface area (Å²) in [6.07, 6.45) is -0.626. The van der Waals surface area contributed by atoms with Gasteiger partial charge in [-0.2, -0.15) is 11.8 Å². The van der Waals surface area contributed by atoms with Gasteiger partial charge in [0, 0.05) is 12.6 Å². The Kier molecular flexibility index (Phi) is 3.71. The van der Waals surface area contributed by atoms with E-state index in [1.807, 2.05) is 12.1 Å². The summed E-state index contributed by atoms with van der Waals surface area (Å²) in [5.41, 5.74) is 2.26. The quantitative estimate of drug-likeness (QED) is 0.918. The number of carbonyl (C=O) groups excluding carboxylic acids is 2. The van der Waals surface area contributed by atoms with Gasteiger partial charge in [-0.3, -0.25) is 9.69 Å². The lowest BCUT2D eigenvalue weighted by Gasteiger charge is -2.14. The van der Waals surface area contributed by atoms with Crippen LogP contribution in [0.15, 0.2) is 24.3 Å². The fourth-order valence-electron chi connectivity index (χ4n) is 3.71. The number of hydrogen-bond donors (Lipinski definition) is 1. The van der Waals surface area contributed by atoms with Crippen LogP contribution in [0.25, 0.3) is 0 Å². The second-order valence-corrected chi connectivity index (χ2v) is 7.61. The zero-order chi connectivity index (χ0) is 16.0. The highest BCUT2D eigenvalue weighted by molar-refractivity contribution is 7.99. The molecule has 3 fully saturated rings. The first kappa shape index (κ1) is 14.9. The van der Waals surface area contributed by atoms with Crippen molar-refractivity contribution in [1.29, 1.82) is 0 Å². The largest absolute Gasteiger partial charge is 0.442 e. The summed E-state index contributed by atoms with van der Waals surface area (Å²) in [6.45, 7) is 2.29. The molecular weight excluding hydrogens is 312 g/mol. The molecule has 1 N–H and O–H groups in total. The molecule has 0 aromatic heterocycles. The van der Waals surface area contributed by atoms with Crippen LogP contribution in [0.4, 0.5) is 10.5 Å². The van der Waals surface area contributed by atoms with Crippen LogP contribution in [0.1, 0.15) is 18.4 Å². The fraction of sp³-hybridized carbons (Fsp3) is 0.529. The Morgan fingerprint density at radius 3 is 2.65 bits per heavy atom. The van der Waals surface area contributed by atoms with Crippen LogP contribution < -0.4 is 10.2 Å². The third-order valence-corrected chi connectivity index (χ3v) is 6.24. The Morgan fingerprint density at radius 1 is 1.30 bits per heavy atom. The van der Waals surface area contributed by atoms with E-state index in [1.54, 1.807) is 4.90 Å². The second kappa shape index (κ2) is 5.74. The molecule has 4 rings (SSSR count). The minimum Gasteiger partial charge on any atom is -0.442 e. The van der Waals surface area contributed by atoms with Gasteiger partial charge in [0.2, 0.25) is 5.91 Å². The number of rotatable bonds is 4. The molecule has 6 heteroatoms. The molecule has 0 spiro atoms. The van der Waals surface area contributed by atoms with Crippen molar-refractivity contribution < 1.29 is 14.3 Å². The number of fused-ring (bicyclic) bond motifs is 1. The van der Waals surface area contributed by atoms with E-state index in [2.05, 4.69) is 29.2 Å². The number of benzene rings is 1. The summed E-state index contributed by atoms with van der Waals surface area (Å²) < 4.78 is 5.30. The minimum absolute atomic E-state index is 0.114. The lowest BCUT2D eigenvalue weighted by Crippen LogP contribution is -2.33. The predicted octanol–water partition coefficient (Wildman–Crippen LogP) is 2.22. The first-order chi connectivity index (χ1) is 11.1. The number of amides is 2. The van der Waals surface area contributed by atoms with Gasteiger partial charge in [0.25, 0.3) is 0 Å². The molecule has 2 aliphatic heterocycles. The van der Waals surface area contributed by atoms with Crippen LogP contribution in [-0.4, -0.2) is 42.7 Å². The van der Waals surface area contributed by atoms with Gasteiger partial charge in [-0.1, -0.05) is 12.1 Å². The lowest BCUT2D eigenvalue weighted by atomic mass is 10.1. The summed E-state index contributed by atoms with van der Waals surface area (Å²) >= 11 is 2.06. The molecule has 2 amide bonds. The van der Waals surface area contributed by atoms with E-state index in [0.717, 1.165) is 23.4 Å². The summed E-state index contributed by atoms with van der Waals surface area (Å²) in [5.74, 6) is 4.93. The molecule has 1 unspecified atom stereocenters. The molecule has 1 aliphatic carbocycles. The first-order valence-electron chi connectivity index (χ1n) is 8.04. The van der Waals surface area contributed by atoms with Crippen LogP contribution in [0.5, 0.6) is 0 Å². The minimum atomic E-state index is -0.340. The number of hydrogen-bond acceptors (Lipinski definition) is 4. The Hall–Kier alpha value is -1.69. The van der Waals surface area contributed by atoms with Crippen LogP contribution >= 0.6 is 11.8 Å². The van der Waals surface area contributed by atoms with Gasteiger partial charge in [-0.15, -0.1) is 0 Å². The molecule has 3 aliphatic rings. The molecular formula is C17H20N2O3S. The van der Waals surface area contributed by atoms with Crippen molar-refractivity contribution in [1.82, 2.24) is 5.32 Å². The van der Waals surface area contributed by atoms with E-state index in [0.29, 0.717) is 13.1 Å². The van der Waals surface area contributed by atoms with Gasteiger partial charge in [-0.25, -0.2) is 4.79 Å². The van der Waals surface area contributed by atoms with Gasteiger partial charge < -0.3 is 10.1 Å². The summed E-state index contributed by atoms with van der Waals surface area (Å²) in [6, 6.07) is 8.33. The third kappa shape index (κ3) is 2.80.